The normalized spacial score (nSPS) is 10.1. The summed E-state index contributed by atoms with van der Waals surface area (Å²) in [5.41, 5.74) is 0.946. The average Bonchev–Trinajstić information content (AvgIpc) is 2.45. The topological polar surface area (TPSA) is 106 Å². The number of aromatic nitrogens is 3. The summed E-state index contributed by atoms with van der Waals surface area (Å²) in [6.45, 7) is 1.92. The molecule has 0 saturated carbocycles. The van der Waals surface area contributed by atoms with Gasteiger partial charge in [0.05, 0.1) is 17.2 Å². The summed E-state index contributed by atoms with van der Waals surface area (Å²) in [7, 11) is 1.66. The van der Waals surface area contributed by atoms with E-state index in [4.69, 9.17) is 0 Å². The SMILES string of the molecule is CNc1nc(C)c([N+](=O)[O-])c(NCc2ccccn2)n1. The molecule has 104 valence electrons. The van der Waals surface area contributed by atoms with Gasteiger partial charge in [0.25, 0.3) is 0 Å². The summed E-state index contributed by atoms with van der Waals surface area (Å²) in [6, 6.07) is 5.48. The molecule has 2 heterocycles. The van der Waals surface area contributed by atoms with Crippen LogP contribution in [0.4, 0.5) is 17.5 Å². The largest absolute Gasteiger partial charge is 0.359 e. The van der Waals surface area contributed by atoms with Crippen molar-refractivity contribution in [2.24, 2.45) is 0 Å². The second kappa shape index (κ2) is 5.91. The molecule has 0 unspecified atom stereocenters. The van der Waals surface area contributed by atoms with E-state index in [1.807, 2.05) is 12.1 Å². The highest BCUT2D eigenvalue weighted by atomic mass is 16.6. The molecular weight excluding hydrogens is 260 g/mol. The van der Waals surface area contributed by atoms with Crippen molar-refractivity contribution in [3.63, 3.8) is 0 Å². The molecule has 2 aromatic heterocycles. The van der Waals surface area contributed by atoms with Crippen LogP contribution in [-0.4, -0.2) is 26.9 Å². The third-order valence-corrected chi connectivity index (χ3v) is 2.63. The van der Waals surface area contributed by atoms with Crippen molar-refractivity contribution in [1.29, 1.82) is 0 Å². The van der Waals surface area contributed by atoms with Crippen LogP contribution in [0.2, 0.25) is 0 Å². The molecule has 2 aromatic rings. The number of rotatable bonds is 5. The van der Waals surface area contributed by atoms with Crippen LogP contribution in [0, 0.1) is 17.0 Å². The van der Waals surface area contributed by atoms with Gasteiger partial charge in [-0.3, -0.25) is 15.1 Å². The molecule has 8 heteroatoms. The monoisotopic (exact) mass is 274 g/mol. The van der Waals surface area contributed by atoms with E-state index in [0.717, 1.165) is 5.69 Å². The van der Waals surface area contributed by atoms with E-state index in [0.29, 0.717) is 18.2 Å². The van der Waals surface area contributed by atoms with Gasteiger partial charge in [-0.15, -0.1) is 0 Å². The molecular formula is C12H14N6O2. The van der Waals surface area contributed by atoms with Gasteiger partial charge < -0.3 is 10.6 Å². The Bertz CT molecular complexity index is 617. The van der Waals surface area contributed by atoms with E-state index in [1.165, 1.54) is 0 Å². The first kappa shape index (κ1) is 13.7. The van der Waals surface area contributed by atoms with E-state index in [1.54, 1.807) is 26.2 Å². The Labute approximate surface area is 115 Å². The Morgan fingerprint density at radius 3 is 2.75 bits per heavy atom. The Morgan fingerprint density at radius 2 is 2.15 bits per heavy atom. The lowest BCUT2D eigenvalue weighted by atomic mass is 10.3. The lowest BCUT2D eigenvalue weighted by Gasteiger charge is -2.09. The molecule has 0 radical (unpaired) electrons. The zero-order chi connectivity index (χ0) is 14.5. The molecule has 0 bridgehead atoms. The van der Waals surface area contributed by atoms with Crippen molar-refractivity contribution in [3.8, 4) is 0 Å². The Balaban J connectivity index is 2.29. The minimum Gasteiger partial charge on any atom is -0.359 e. The second-order valence-corrected chi connectivity index (χ2v) is 4.01. The van der Waals surface area contributed by atoms with Gasteiger partial charge in [0, 0.05) is 13.2 Å². The molecule has 0 saturated heterocycles. The van der Waals surface area contributed by atoms with Gasteiger partial charge >= 0.3 is 5.69 Å². The molecule has 0 fully saturated rings. The van der Waals surface area contributed by atoms with Gasteiger partial charge in [0.1, 0.15) is 5.69 Å². The molecule has 8 nitrogen and oxygen atoms in total. The second-order valence-electron chi connectivity index (χ2n) is 4.01. The first-order valence-electron chi connectivity index (χ1n) is 5.96. The van der Waals surface area contributed by atoms with E-state index >= 15 is 0 Å². The molecule has 0 spiro atoms. The van der Waals surface area contributed by atoms with Gasteiger partial charge in [-0.1, -0.05) is 6.07 Å². The highest BCUT2D eigenvalue weighted by Crippen LogP contribution is 2.26. The predicted octanol–water partition coefficient (Wildman–Crippen LogP) is 1.74. The number of hydrogen-bond donors (Lipinski definition) is 2. The standard InChI is InChI=1S/C12H14N6O2/c1-8-10(18(19)20)11(17-12(13-2)16-8)15-7-9-5-3-4-6-14-9/h3-6H,7H2,1-2H3,(H2,13,15,16,17). The number of nitrogens with zero attached hydrogens (tertiary/aromatic N) is 4. The molecule has 0 amide bonds. The van der Waals surface area contributed by atoms with Gasteiger partial charge in [-0.2, -0.15) is 4.98 Å². The fourth-order valence-corrected chi connectivity index (χ4v) is 1.70. The summed E-state index contributed by atoms with van der Waals surface area (Å²) >= 11 is 0. The first-order chi connectivity index (χ1) is 9.61. The minimum absolute atomic E-state index is 0.125. The molecule has 2 N–H and O–H groups in total. The number of anilines is 2. The highest BCUT2D eigenvalue weighted by Gasteiger charge is 2.21. The fraction of sp³-hybridized carbons (Fsp3) is 0.250. The number of hydrogen-bond acceptors (Lipinski definition) is 7. The number of nitrogens with one attached hydrogen (secondary N) is 2. The summed E-state index contributed by atoms with van der Waals surface area (Å²) < 4.78 is 0. The number of aryl methyl sites for hydroxylation is 1. The lowest BCUT2D eigenvalue weighted by molar-refractivity contribution is -0.385. The lowest BCUT2D eigenvalue weighted by Crippen LogP contribution is -2.10. The first-order valence-corrected chi connectivity index (χ1v) is 5.96. The number of pyridine rings is 1. The molecule has 0 aromatic carbocycles. The highest BCUT2D eigenvalue weighted by molar-refractivity contribution is 5.60. The number of nitro groups is 1. The van der Waals surface area contributed by atoms with Crippen LogP contribution in [-0.2, 0) is 6.54 Å². The zero-order valence-electron chi connectivity index (χ0n) is 11.1. The van der Waals surface area contributed by atoms with Gasteiger partial charge in [-0.05, 0) is 19.1 Å². The maximum atomic E-state index is 11.1. The zero-order valence-corrected chi connectivity index (χ0v) is 11.1. The summed E-state index contributed by atoms with van der Waals surface area (Å²) in [5.74, 6) is 0.508. The maximum Gasteiger partial charge on any atom is 0.332 e. The van der Waals surface area contributed by atoms with Crippen molar-refractivity contribution in [2.45, 2.75) is 13.5 Å². The van der Waals surface area contributed by atoms with Crippen molar-refractivity contribution in [1.82, 2.24) is 15.0 Å². The molecule has 0 atom stereocenters. The molecule has 0 aliphatic heterocycles. The third kappa shape index (κ3) is 2.97. The van der Waals surface area contributed by atoms with E-state index in [9.17, 15) is 10.1 Å². The van der Waals surface area contributed by atoms with Crippen LogP contribution in [0.1, 0.15) is 11.4 Å². The van der Waals surface area contributed by atoms with Crippen LogP contribution in [0.25, 0.3) is 0 Å². The Morgan fingerprint density at radius 1 is 1.35 bits per heavy atom. The average molecular weight is 274 g/mol. The smallest absolute Gasteiger partial charge is 0.332 e. The van der Waals surface area contributed by atoms with Crippen LogP contribution in [0.15, 0.2) is 24.4 Å². The fourth-order valence-electron chi connectivity index (χ4n) is 1.70. The minimum atomic E-state index is -0.491. The van der Waals surface area contributed by atoms with Gasteiger partial charge in [-0.25, -0.2) is 4.98 Å². The van der Waals surface area contributed by atoms with Crippen LogP contribution in [0.5, 0.6) is 0 Å². The maximum absolute atomic E-state index is 11.1. The quantitative estimate of drug-likeness (QED) is 0.631. The third-order valence-electron chi connectivity index (χ3n) is 2.63. The summed E-state index contributed by atoms with van der Waals surface area (Å²) in [5, 5.41) is 16.8. The molecule has 20 heavy (non-hydrogen) atoms. The van der Waals surface area contributed by atoms with E-state index < -0.39 is 4.92 Å². The predicted molar refractivity (Wildman–Crippen MR) is 74.5 cm³/mol. The van der Waals surface area contributed by atoms with Crippen molar-refractivity contribution < 1.29 is 4.92 Å². The Hall–Kier alpha value is -2.77. The van der Waals surface area contributed by atoms with Crippen molar-refractivity contribution in [2.75, 3.05) is 17.7 Å². The molecule has 0 aliphatic rings. The van der Waals surface area contributed by atoms with Gasteiger partial charge in [0.15, 0.2) is 0 Å². The molecule has 0 aliphatic carbocycles. The van der Waals surface area contributed by atoms with Crippen molar-refractivity contribution in [3.05, 3.63) is 45.9 Å². The molecule has 2 rings (SSSR count). The Kier molecular flexibility index (Phi) is 4.04. The van der Waals surface area contributed by atoms with Crippen LogP contribution < -0.4 is 10.6 Å². The van der Waals surface area contributed by atoms with Crippen molar-refractivity contribution >= 4 is 17.5 Å². The summed E-state index contributed by atoms with van der Waals surface area (Å²) in [6.07, 6.45) is 1.66. The van der Waals surface area contributed by atoms with Gasteiger partial charge in [0.2, 0.25) is 11.8 Å². The van der Waals surface area contributed by atoms with Crippen LogP contribution >= 0.6 is 0 Å². The van der Waals surface area contributed by atoms with Crippen LogP contribution in [0.3, 0.4) is 0 Å². The summed E-state index contributed by atoms with van der Waals surface area (Å²) in [4.78, 5) is 22.8. The van der Waals surface area contributed by atoms with E-state index in [2.05, 4.69) is 25.6 Å². The van der Waals surface area contributed by atoms with E-state index in [-0.39, 0.29) is 11.5 Å².